The molecule has 1 heterocycles. The fourth-order valence-corrected chi connectivity index (χ4v) is 3.62. The first kappa shape index (κ1) is 14.1. The molecule has 2 aromatic carbocycles. The highest BCUT2D eigenvalue weighted by Gasteiger charge is 2.22. The monoisotopic (exact) mass is 274 g/mol. The average molecular weight is 274 g/mol. The Hall–Kier alpha value is -1.28. The summed E-state index contributed by atoms with van der Waals surface area (Å²) in [6.07, 6.45) is 0. The lowest BCUT2D eigenvalue weighted by Gasteiger charge is -2.15. The summed E-state index contributed by atoms with van der Waals surface area (Å²) in [4.78, 5) is 1.27. The third-order valence-electron chi connectivity index (χ3n) is 3.34. The smallest absolute Gasteiger partial charge is 0.127 e. The van der Waals surface area contributed by atoms with Crippen LogP contribution in [0.4, 0.5) is 4.39 Å². The van der Waals surface area contributed by atoms with Crippen molar-refractivity contribution in [2.75, 3.05) is 0 Å². The normalized spacial score (nSPS) is 16.5. The topological polar surface area (TPSA) is 0 Å². The molecule has 0 amide bonds. The van der Waals surface area contributed by atoms with E-state index in [1.165, 1.54) is 10.5 Å². The van der Waals surface area contributed by atoms with Crippen LogP contribution in [0, 0.1) is 5.82 Å². The van der Waals surface area contributed by atoms with Crippen LogP contribution in [0.1, 0.15) is 43.4 Å². The zero-order chi connectivity index (χ0) is 13.8. The minimum Gasteiger partial charge on any atom is -0.207 e. The van der Waals surface area contributed by atoms with E-state index in [9.17, 15) is 4.39 Å². The molecule has 0 nitrogen and oxygen atoms in total. The lowest BCUT2D eigenvalue weighted by Crippen LogP contribution is -2.02. The van der Waals surface area contributed by atoms with Crippen LogP contribution in [0.5, 0.6) is 0 Å². The summed E-state index contributed by atoms with van der Waals surface area (Å²) in [7, 11) is 0. The Kier molecular flexibility index (Phi) is 4.65. The summed E-state index contributed by atoms with van der Waals surface area (Å²) in [6, 6.07) is 13.7. The third kappa shape index (κ3) is 2.69. The Morgan fingerprint density at radius 2 is 1.79 bits per heavy atom. The van der Waals surface area contributed by atoms with Gasteiger partial charge in [-0.05, 0) is 28.8 Å². The summed E-state index contributed by atoms with van der Waals surface area (Å²) in [5.74, 6) is 0.916. The van der Waals surface area contributed by atoms with Crippen LogP contribution in [0.2, 0.25) is 0 Å². The number of hydrogen-bond donors (Lipinski definition) is 0. The first-order chi connectivity index (χ1) is 9.27. The van der Waals surface area contributed by atoms with Gasteiger partial charge >= 0.3 is 0 Å². The Labute approximate surface area is 119 Å². The van der Waals surface area contributed by atoms with E-state index >= 15 is 0 Å². The number of benzene rings is 2. The fourth-order valence-electron chi connectivity index (χ4n) is 2.47. The van der Waals surface area contributed by atoms with Crippen molar-refractivity contribution in [1.82, 2.24) is 0 Å². The van der Waals surface area contributed by atoms with Gasteiger partial charge in [0.15, 0.2) is 0 Å². The summed E-state index contributed by atoms with van der Waals surface area (Å²) >= 11 is 1.80. The molecule has 3 rings (SSSR count). The van der Waals surface area contributed by atoms with Crippen LogP contribution < -0.4 is 0 Å². The number of rotatable bonds is 0. The van der Waals surface area contributed by atoms with Crippen molar-refractivity contribution in [2.45, 2.75) is 37.3 Å². The molecule has 100 valence electrons. The van der Waals surface area contributed by atoms with Gasteiger partial charge in [0.1, 0.15) is 5.82 Å². The molecule has 0 radical (unpaired) electrons. The van der Waals surface area contributed by atoms with Crippen molar-refractivity contribution < 1.29 is 4.39 Å². The van der Waals surface area contributed by atoms with Crippen LogP contribution in [0.3, 0.4) is 0 Å². The molecule has 19 heavy (non-hydrogen) atoms. The van der Waals surface area contributed by atoms with E-state index < -0.39 is 0 Å². The summed E-state index contributed by atoms with van der Waals surface area (Å²) in [5, 5.41) is 0. The molecular weight excluding hydrogens is 255 g/mol. The van der Waals surface area contributed by atoms with E-state index in [-0.39, 0.29) is 11.7 Å². The molecule has 0 spiro atoms. The van der Waals surface area contributed by atoms with Gasteiger partial charge in [-0.15, -0.1) is 11.8 Å². The Morgan fingerprint density at radius 3 is 2.58 bits per heavy atom. The summed E-state index contributed by atoms with van der Waals surface area (Å²) in [6.45, 7) is 6.09. The van der Waals surface area contributed by atoms with Gasteiger partial charge in [-0.25, -0.2) is 4.39 Å². The van der Waals surface area contributed by atoms with E-state index in [0.29, 0.717) is 0 Å². The van der Waals surface area contributed by atoms with Crippen LogP contribution in [0.15, 0.2) is 47.4 Å². The van der Waals surface area contributed by atoms with Crippen molar-refractivity contribution in [3.05, 3.63) is 65.0 Å². The maximum absolute atomic E-state index is 14.0. The second-order valence-electron chi connectivity index (χ2n) is 4.36. The standard InChI is InChI=1S/C15H13FS.C2H6/c1-10-12-6-2-3-8-14(12)17-9-11-5-4-7-13(16)15(10)11;1-2/h2-8,10H,9H2,1H3;1-2H3/t10-;/m1./s1. The molecule has 1 atom stereocenters. The zero-order valence-electron chi connectivity index (χ0n) is 11.6. The highest BCUT2D eigenvalue weighted by molar-refractivity contribution is 7.98. The van der Waals surface area contributed by atoms with E-state index in [1.807, 2.05) is 32.0 Å². The molecule has 2 aromatic rings. The second-order valence-corrected chi connectivity index (χ2v) is 5.38. The van der Waals surface area contributed by atoms with Gasteiger partial charge in [-0.2, -0.15) is 0 Å². The van der Waals surface area contributed by atoms with Gasteiger partial charge in [-0.3, -0.25) is 0 Å². The Bertz CT molecular complexity index is 563. The van der Waals surface area contributed by atoms with Crippen LogP contribution in [-0.4, -0.2) is 0 Å². The maximum Gasteiger partial charge on any atom is 0.127 e. The molecule has 1 aliphatic rings. The highest BCUT2D eigenvalue weighted by Crippen LogP contribution is 2.40. The lowest BCUT2D eigenvalue weighted by atomic mass is 9.90. The molecule has 0 saturated heterocycles. The summed E-state index contributed by atoms with van der Waals surface area (Å²) < 4.78 is 14.0. The second kappa shape index (κ2) is 6.25. The highest BCUT2D eigenvalue weighted by atomic mass is 32.2. The number of fused-ring (bicyclic) bond motifs is 2. The average Bonchev–Trinajstić information content (AvgIpc) is 2.60. The van der Waals surface area contributed by atoms with Crippen molar-refractivity contribution >= 4 is 11.8 Å². The van der Waals surface area contributed by atoms with Gasteiger partial charge < -0.3 is 0 Å². The molecular formula is C17H19FS. The van der Waals surface area contributed by atoms with Gasteiger partial charge in [0.2, 0.25) is 0 Å². The molecule has 1 aliphatic heterocycles. The van der Waals surface area contributed by atoms with Crippen LogP contribution >= 0.6 is 11.8 Å². The molecule has 0 aromatic heterocycles. The number of thioether (sulfide) groups is 1. The van der Waals surface area contributed by atoms with E-state index in [2.05, 4.69) is 19.1 Å². The van der Waals surface area contributed by atoms with Crippen molar-refractivity contribution in [3.8, 4) is 0 Å². The molecule has 0 saturated carbocycles. The molecule has 0 aliphatic carbocycles. The Balaban J connectivity index is 0.000000637. The number of hydrogen-bond acceptors (Lipinski definition) is 1. The van der Waals surface area contributed by atoms with Gasteiger partial charge in [0.05, 0.1) is 0 Å². The SMILES string of the molecule is CC.C[C@@H]1c2ccccc2SCc2cccc(F)c21. The van der Waals surface area contributed by atoms with E-state index in [4.69, 9.17) is 0 Å². The van der Waals surface area contributed by atoms with Crippen molar-refractivity contribution in [2.24, 2.45) is 0 Å². The van der Waals surface area contributed by atoms with Gasteiger partial charge in [0, 0.05) is 16.6 Å². The predicted molar refractivity (Wildman–Crippen MR) is 81.3 cm³/mol. The van der Waals surface area contributed by atoms with Crippen molar-refractivity contribution in [3.63, 3.8) is 0 Å². The zero-order valence-corrected chi connectivity index (χ0v) is 12.4. The fraction of sp³-hybridized carbons (Fsp3) is 0.294. The van der Waals surface area contributed by atoms with Crippen LogP contribution in [0.25, 0.3) is 0 Å². The largest absolute Gasteiger partial charge is 0.207 e. The third-order valence-corrected chi connectivity index (χ3v) is 4.48. The first-order valence-electron chi connectivity index (χ1n) is 6.76. The summed E-state index contributed by atoms with van der Waals surface area (Å²) in [5.41, 5.74) is 3.23. The maximum atomic E-state index is 14.0. The molecule has 0 N–H and O–H groups in total. The Morgan fingerprint density at radius 1 is 1.05 bits per heavy atom. The number of halogens is 1. The van der Waals surface area contributed by atoms with E-state index in [0.717, 1.165) is 16.9 Å². The molecule has 0 unspecified atom stereocenters. The molecule has 0 fully saturated rings. The van der Waals surface area contributed by atoms with E-state index in [1.54, 1.807) is 23.9 Å². The molecule has 2 heteroatoms. The van der Waals surface area contributed by atoms with Gasteiger partial charge in [-0.1, -0.05) is 51.1 Å². The minimum absolute atomic E-state index is 0.0766. The predicted octanol–water partition coefficient (Wildman–Crippen LogP) is 5.61. The molecule has 0 bridgehead atoms. The van der Waals surface area contributed by atoms with Gasteiger partial charge in [0.25, 0.3) is 0 Å². The van der Waals surface area contributed by atoms with Crippen molar-refractivity contribution in [1.29, 1.82) is 0 Å². The quantitative estimate of drug-likeness (QED) is 0.601. The lowest BCUT2D eigenvalue weighted by molar-refractivity contribution is 0.600. The minimum atomic E-state index is -0.0766. The van der Waals surface area contributed by atoms with Crippen LogP contribution in [-0.2, 0) is 5.75 Å². The first-order valence-corrected chi connectivity index (χ1v) is 7.75.